The highest BCUT2D eigenvalue weighted by Crippen LogP contribution is 2.35. The van der Waals surface area contributed by atoms with Crippen molar-refractivity contribution in [2.45, 2.75) is 157 Å². The lowest BCUT2D eigenvalue weighted by Gasteiger charge is -2.23. The third-order valence-electron chi connectivity index (χ3n) is 22.6. The van der Waals surface area contributed by atoms with Crippen LogP contribution in [0.3, 0.4) is 0 Å². The molecular weight excluding hydrogens is 2110 g/mol. The predicted molar refractivity (Wildman–Crippen MR) is 544 cm³/mol. The third-order valence-corrected chi connectivity index (χ3v) is 26.7. The molecule has 7 aromatic carbocycles. The van der Waals surface area contributed by atoms with Crippen molar-refractivity contribution < 1.29 is 107 Å². The highest BCUT2D eigenvalue weighted by Gasteiger charge is 2.36. The van der Waals surface area contributed by atoms with Crippen molar-refractivity contribution in [2.24, 2.45) is 0 Å². The van der Waals surface area contributed by atoms with E-state index in [1.807, 2.05) is 0 Å². The van der Waals surface area contributed by atoms with Crippen LogP contribution in [0, 0.1) is 0 Å². The number of nitrogens with zero attached hydrogens (tertiary/aromatic N) is 1. The number of carbonyl (C=O) groups excluding carboxylic acids is 10. The summed E-state index contributed by atoms with van der Waals surface area (Å²) in [7, 11) is 0. The number of amides is 10. The molecule has 1 aromatic heterocycles. The van der Waals surface area contributed by atoms with Crippen molar-refractivity contribution in [3.8, 4) is 0 Å². The van der Waals surface area contributed by atoms with E-state index >= 15 is 0 Å². The highest BCUT2D eigenvalue weighted by molar-refractivity contribution is 7.99. The van der Waals surface area contributed by atoms with E-state index in [1.54, 1.807) is 133 Å². The largest absolute Gasteiger partial charge is 0.480 e. The first-order valence-electron chi connectivity index (χ1n) is 44.5. The number of carboxylic acid groups (broad SMARTS) is 4. The lowest BCUT2D eigenvalue weighted by Crippen LogP contribution is -2.52. The molecule has 47 heteroatoms. The maximum Gasteiger partial charge on any atom is 0.328 e. The van der Waals surface area contributed by atoms with Crippen LogP contribution in [0.2, 0.25) is 55.2 Å². The molecule has 10 amide bonds. The summed E-state index contributed by atoms with van der Waals surface area (Å²) in [5.41, 5.74) is 4.28. The standard InChI is InChI=1S/C25H26Cl2N4O7.2C24H26Cl3N3O5.C23H24Cl3N3O5S/c1-14(32)31-8-2-5-20(31)23(34)29-13-19(25(36)37)30-24(35)22-17(26)10-15(11-18(22)27)12-28-21(33)7-6-16-4-3-9-38-16;2*25-15-4-1-3-14(11-15)20(31)7-6-13-9-16(26)21(17(27)10-13)23(33)30-19(24(34)35)12-29-22(32)18-5-2-8-28-18;24-14-3-1-2-13(8-14)19(30)5-4-12-6-15(25)20(16(26)7-12)22(32)29-17(23(33)34)9-27-21(31)18-10-35-11-28-18/h3-4,6-7,9-11,19-20H,2,5,8,12-13H2,1H3,(H,28,33)(H,29,34)(H,30,35)(H,36,37);2*1,3-4,9-11,18-20,28,31H,2,5-8,12H2,(H,29,32)(H,30,33)(H,34,35);1-3,6-8,17-19,28,30H,4-5,9-11H2,(H,27,31)(H,29,32)(H,33,34)/b7-6+;;;/t19-,20-;18-,19+,20?;18-,19-,20?;17-,18-,19?/m0100/s1. The number of carbonyl (C=O) groups is 14. The van der Waals surface area contributed by atoms with Crippen LogP contribution in [0.15, 0.2) is 150 Å². The molecule has 4 aliphatic heterocycles. The van der Waals surface area contributed by atoms with Crippen LogP contribution >= 0.6 is 139 Å². The van der Waals surface area contributed by atoms with E-state index in [1.165, 1.54) is 42.4 Å². The number of benzene rings is 7. The van der Waals surface area contributed by atoms with Crippen molar-refractivity contribution in [1.82, 2.24) is 68.7 Å². The topological polar surface area (TPSA) is 541 Å². The summed E-state index contributed by atoms with van der Waals surface area (Å²) < 4.78 is 5.11. The van der Waals surface area contributed by atoms with Crippen molar-refractivity contribution in [2.75, 3.05) is 57.4 Å². The second kappa shape index (κ2) is 57.4. The molecule has 143 heavy (non-hydrogen) atoms. The number of hydrogen-bond acceptors (Lipinski definition) is 22. The number of hydrogen-bond donors (Lipinski definition) is 19. The monoisotopic (exact) mass is 2210 g/mol. The van der Waals surface area contributed by atoms with E-state index in [-0.39, 0.29) is 124 Å². The Kier molecular flexibility index (Phi) is 46.5. The van der Waals surface area contributed by atoms with E-state index in [0.29, 0.717) is 142 Å². The molecule has 0 aliphatic carbocycles. The van der Waals surface area contributed by atoms with Gasteiger partial charge < -0.3 is 104 Å². The van der Waals surface area contributed by atoms with E-state index in [9.17, 15) is 103 Å². The van der Waals surface area contributed by atoms with Gasteiger partial charge in [-0.1, -0.05) is 164 Å². The molecule has 0 bridgehead atoms. The zero-order chi connectivity index (χ0) is 104. The average Bonchev–Trinajstić information content (AvgIpc) is 1.48. The maximum absolute atomic E-state index is 12.8. The Balaban J connectivity index is 0.000000213. The molecule has 0 radical (unpaired) electrons. The van der Waals surface area contributed by atoms with Crippen molar-refractivity contribution in [3.63, 3.8) is 0 Å². The fourth-order valence-corrected chi connectivity index (χ4v) is 19.4. The number of aliphatic hydroxyl groups excluding tert-OH is 3. The molecule has 12 rings (SSSR count). The molecule has 3 unspecified atom stereocenters. The Labute approximate surface area is 880 Å². The number of thioether (sulfide) groups is 1. The van der Waals surface area contributed by atoms with Crippen molar-refractivity contribution in [3.05, 3.63) is 268 Å². The summed E-state index contributed by atoms with van der Waals surface area (Å²) >= 11 is 69.8. The van der Waals surface area contributed by atoms with Gasteiger partial charge in [-0.05, 0) is 232 Å². The molecule has 4 saturated heterocycles. The molecule has 0 saturated carbocycles. The molecule has 8 aromatic rings. The Hall–Kier alpha value is -10.6. The number of aryl methyl sites for hydroxylation is 3. The maximum atomic E-state index is 12.8. The first kappa shape index (κ1) is 116. The average molecular weight is 2210 g/mol. The zero-order valence-corrected chi connectivity index (χ0v) is 85.2. The normalized spacial score (nSPS) is 16.7. The van der Waals surface area contributed by atoms with Gasteiger partial charge in [-0.2, -0.15) is 0 Å². The number of nitrogens with one attached hydrogen (secondary N) is 12. The fraction of sp³-hybridized carbons (Fsp3) is 0.354. The number of aliphatic hydroxyl groups is 3. The van der Waals surface area contributed by atoms with Crippen LogP contribution in [0.4, 0.5) is 0 Å². The van der Waals surface area contributed by atoms with Gasteiger partial charge in [0.25, 0.3) is 23.6 Å². The SMILES string of the molecule is CC(=O)N1CCC[C@H]1C(=O)NC[C@H](NC(=O)c1c(Cl)cc(CNC(=O)/C=C/c2ccco2)cc1Cl)C(=O)O.O=C(N[C@@H](CNC(=O)[C@@H]1CCCN1)C(=O)O)c1c(Cl)cc(CCC(O)c2cccc(Cl)c2)cc1Cl.O=C(N[C@@H](CNC(=O)[C@@H]1CSCN1)C(=O)O)c1c(Cl)cc(CCC(O)c2cccc(Cl)c2)cc1Cl.O=C(N[C@@H](CNC(=O)[C@H]1CCCN1)C(=O)O)c1c(Cl)cc(CCC(O)c2cccc(Cl)c2)cc1Cl. The number of halogens is 11. The second-order valence-corrected chi connectivity index (χ2v) is 38.6. The van der Waals surface area contributed by atoms with Gasteiger partial charge in [0.15, 0.2) is 0 Å². The Bertz CT molecular complexity index is 5440. The van der Waals surface area contributed by atoms with E-state index in [0.717, 1.165) is 25.9 Å². The number of aliphatic carboxylic acids is 4. The Morgan fingerprint density at radius 3 is 1.04 bits per heavy atom. The van der Waals surface area contributed by atoms with Gasteiger partial charge in [-0.15, -0.1) is 11.8 Å². The zero-order valence-electron chi connectivity index (χ0n) is 76.1. The summed E-state index contributed by atoms with van der Waals surface area (Å²) in [4.78, 5) is 172. The first-order valence-corrected chi connectivity index (χ1v) is 49.9. The molecule has 4 fully saturated rings. The van der Waals surface area contributed by atoms with Crippen LogP contribution < -0.4 is 63.8 Å². The van der Waals surface area contributed by atoms with E-state index in [4.69, 9.17) is 132 Å². The van der Waals surface area contributed by atoms with Gasteiger partial charge >= 0.3 is 23.9 Å². The lowest BCUT2D eigenvalue weighted by molar-refractivity contribution is -0.140. The quantitative estimate of drug-likeness (QED) is 0.0159. The summed E-state index contributed by atoms with van der Waals surface area (Å²) in [6, 6.07) is 28.9. The van der Waals surface area contributed by atoms with Crippen LogP contribution in [-0.4, -0.2) is 229 Å². The number of furan rings is 1. The molecule has 0 spiro atoms. The minimum Gasteiger partial charge on any atom is -0.480 e. The van der Waals surface area contributed by atoms with Crippen molar-refractivity contribution >= 4 is 228 Å². The predicted octanol–water partition coefficient (Wildman–Crippen LogP) is 12.2. The smallest absolute Gasteiger partial charge is 0.328 e. The minimum absolute atomic E-state index is 0.0441. The molecule has 11 atom stereocenters. The highest BCUT2D eigenvalue weighted by atomic mass is 35.5. The number of carboxylic acids is 4. The Morgan fingerprint density at radius 1 is 0.413 bits per heavy atom. The third kappa shape index (κ3) is 36.3. The van der Waals surface area contributed by atoms with E-state index < -0.39 is 120 Å². The molecule has 766 valence electrons. The van der Waals surface area contributed by atoms with Crippen LogP contribution in [0.1, 0.15) is 169 Å². The molecule has 35 nitrogen and oxygen atoms in total. The van der Waals surface area contributed by atoms with Crippen LogP contribution in [0.25, 0.3) is 6.08 Å². The van der Waals surface area contributed by atoms with Crippen LogP contribution in [0.5, 0.6) is 0 Å². The van der Waals surface area contributed by atoms with Gasteiger partial charge in [0, 0.05) is 79.0 Å². The van der Waals surface area contributed by atoms with Gasteiger partial charge in [0.2, 0.25) is 35.4 Å². The first-order chi connectivity index (χ1) is 68.0. The molecular formula is C96H102Cl11N13O22S. The number of likely N-dealkylation sites (tertiary alicyclic amines) is 1. The van der Waals surface area contributed by atoms with Gasteiger partial charge in [-0.25, -0.2) is 19.2 Å². The Morgan fingerprint density at radius 2 is 0.748 bits per heavy atom. The lowest BCUT2D eigenvalue weighted by atomic mass is 10.0. The summed E-state index contributed by atoms with van der Waals surface area (Å²) in [6.07, 6.45) is 8.60. The minimum atomic E-state index is -1.48. The van der Waals surface area contributed by atoms with Gasteiger partial charge in [0.05, 0.1) is 105 Å². The van der Waals surface area contributed by atoms with E-state index in [2.05, 4.69) is 63.8 Å². The summed E-state index contributed by atoms with van der Waals surface area (Å²) in [6.45, 7) is 2.05. The fourth-order valence-electron chi connectivity index (χ4n) is 15.1. The second-order valence-electron chi connectivity index (χ2n) is 33.0. The molecule has 4 aliphatic rings. The van der Waals surface area contributed by atoms with Crippen molar-refractivity contribution in [1.29, 1.82) is 0 Å². The summed E-state index contributed by atoms with van der Waals surface area (Å²) in [5.74, 6) is -8.87. The number of rotatable bonds is 40. The van der Waals surface area contributed by atoms with Gasteiger partial charge in [0.1, 0.15) is 36.0 Å². The van der Waals surface area contributed by atoms with Crippen LogP contribution in [-0.2, 0) is 73.8 Å². The summed E-state index contributed by atoms with van der Waals surface area (Å²) in [5, 5.41) is 102. The van der Waals surface area contributed by atoms with Gasteiger partial charge in [-0.3, -0.25) is 53.3 Å². The molecule has 5 heterocycles. The molecule has 19 N–H and O–H groups in total.